The maximum atomic E-state index is 13.0. The molecule has 0 bridgehead atoms. The number of rotatable bonds is 0. The summed E-state index contributed by atoms with van der Waals surface area (Å²) in [5.41, 5.74) is 5.70. The van der Waals surface area contributed by atoms with Crippen molar-refractivity contribution >= 4 is 11.3 Å². The molecule has 0 radical (unpaired) electrons. The van der Waals surface area contributed by atoms with E-state index in [0.29, 0.717) is 5.82 Å². The summed E-state index contributed by atoms with van der Waals surface area (Å²) in [5, 5.41) is 0. The zero-order valence-corrected chi connectivity index (χ0v) is 6.45. The lowest BCUT2D eigenvalue weighted by Gasteiger charge is -1.96. The second-order valence-corrected chi connectivity index (χ2v) is 2.48. The van der Waals surface area contributed by atoms with Crippen LogP contribution in [0.25, 0.3) is 5.52 Å². The fourth-order valence-electron chi connectivity index (χ4n) is 1.16. The molecular formula is C7H7FN4. The highest BCUT2D eigenvalue weighted by Crippen LogP contribution is 2.15. The Kier molecular flexibility index (Phi) is 1.27. The van der Waals surface area contributed by atoms with E-state index in [2.05, 4.69) is 9.97 Å². The molecule has 2 N–H and O–H groups in total. The highest BCUT2D eigenvalue weighted by Gasteiger charge is 2.09. The number of hydrogen-bond donors (Lipinski definition) is 1. The molecule has 0 spiro atoms. The molecule has 0 fully saturated rings. The summed E-state index contributed by atoms with van der Waals surface area (Å²) < 4.78 is 14.6. The summed E-state index contributed by atoms with van der Waals surface area (Å²) >= 11 is 0. The van der Waals surface area contributed by atoms with Crippen LogP contribution in [-0.2, 0) is 0 Å². The van der Waals surface area contributed by atoms with Crippen molar-refractivity contribution in [3.63, 3.8) is 0 Å². The molecule has 2 aromatic rings. The molecule has 0 aromatic carbocycles. The van der Waals surface area contributed by atoms with E-state index in [-0.39, 0.29) is 11.3 Å². The highest BCUT2D eigenvalue weighted by molar-refractivity contribution is 5.65. The van der Waals surface area contributed by atoms with Gasteiger partial charge in [-0.25, -0.2) is 9.97 Å². The number of nitrogen functional groups attached to an aromatic ring is 1. The molecule has 5 heteroatoms. The number of nitrogens with zero attached hydrogens (tertiary/aromatic N) is 3. The van der Waals surface area contributed by atoms with E-state index in [9.17, 15) is 4.39 Å². The minimum Gasteiger partial charge on any atom is -0.382 e. The predicted molar refractivity (Wildman–Crippen MR) is 42.1 cm³/mol. The Morgan fingerprint density at radius 3 is 3.00 bits per heavy atom. The largest absolute Gasteiger partial charge is 0.382 e. The quantitative estimate of drug-likeness (QED) is 0.628. The first-order chi connectivity index (χ1) is 5.70. The van der Waals surface area contributed by atoms with Gasteiger partial charge in [-0.2, -0.15) is 4.39 Å². The number of nitrogens with two attached hydrogens (primary N) is 1. The van der Waals surface area contributed by atoms with Crippen LogP contribution >= 0.6 is 0 Å². The van der Waals surface area contributed by atoms with Crippen LogP contribution in [0.3, 0.4) is 0 Å². The maximum absolute atomic E-state index is 13.0. The first-order valence-corrected chi connectivity index (χ1v) is 3.45. The molecule has 0 atom stereocenters. The SMILES string of the molecule is Cc1nc(F)c2c(N)nccn12. The first kappa shape index (κ1) is 7.02. The van der Waals surface area contributed by atoms with Crippen molar-refractivity contribution in [2.24, 2.45) is 0 Å². The molecule has 0 aliphatic rings. The van der Waals surface area contributed by atoms with Crippen molar-refractivity contribution in [2.75, 3.05) is 5.73 Å². The van der Waals surface area contributed by atoms with Gasteiger partial charge < -0.3 is 5.73 Å². The summed E-state index contributed by atoms with van der Waals surface area (Å²) in [5.74, 6) is 0.158. The number of aryl methyl sites for hydroxylation is 1. The summed E-state index contributed by atoms with van der Waals surface area (Å²) in [6.45, 7) is 1.70. The molecule has 12 heavy (non-hydrogen) atoms. The lowest BCUT2D eigenvalue weighted by molar-refractivity contribution is 0.599. The van der Waals surface area contributed by atoms with E-state index >= 15 is 0 Å². The molecule has 0 aliphatic heterocycles. The normalized spacial score (nSPS) is 10.8. The van der Waals surface area contributed by atoms with E-state index in [1.807, 2.05) is 0 Å². The minimum absolute atomic E-state index is 0.163. The average molecular weight is 166 g/mol. The molecular weight excluding hydrogens is 159 g/mol. The van der Waals surface area contributed by atoms with E-state index in [0.717, 1.165) is 0 Å². The standard InChI is InChI=1S/C7H7FN4/c1-4-11-6(8)5-7(9)10-2-3-12(4)5/h2-3H,1H3,(H2,9,10). The summed E-state index contributed by atoms with van der Waals surface area (Å²) in [6, 6.07) is 0. The van der Waals surface area contributed by atoms with E-state index in [4.69, 9.17) is 5.73 Å². The molecule has 2 heterocycles. The van der Waals surface area contributed by atoms with Crippen LogP contribution < -0.4 is 5.73 Å². The highest BCUT2D eigenvalue weighted by atomic mass is 19.1. The zero-order valence-electron chi connectivity index (χ0n) is 6.45. The van der Waals surface area contributed by atoms with Crippen molar-refractivity contribution in [1.82, 2.24) is 14.4 Å². The van der Waals surface area contributed by atoms with Crippen LogP contribution in [0.4, 0.5) is 10.2 Å². The fraction of sp³-hybridized carbons (Fsp3) is 0.143. The Bertz CT molecular complexity index is 434. The van der Waals surface area contributed by atoms with Gasteiger partial charge in [0.1, 0.15) is 11.3 Å². The third kappa shape index (κ3) is 0.761. The topological polar surface area (TPSA) is 56.2 Å². The van der Waals surface area contributed by atoms with Crippen molar-refractivity contribution < 1.29 is 4.39 Å². The molecule has 62 valence electrons. The van der Waals surface area contributed by atoms with Gasteiger partial charge in [-0.05, 0) is 6.92 Å². The molecule has 0 aliphatic carbocycles. The van der Waals surface area contributed by atoms with Gasteiger partial charge >= 0.3 is 0 Å². The summed E-state index contributed by atoms with van der Waals surface area (Å²) in [6.07, 6.45) is 3.13. The van der Waals surface area contributed by atoms with Crippen molar-refractivity contribution in [3.8, 4) is 0 Å². The van der Waals surface area contributed by atoms with Gasteiger partial charge in [-0.3, -0.25) is 4.40 Å². The monoisotopic (exact) mass is 166 g/mol. The van der Waals surface area contributed by atoms with Gasteiger partial charge in [-0.1, -0.05) is 0 Å². The van der Waals surface area contributed by atoms with Crippen molar-refractivity contribution in [2.45, 2.75) is 6.92 Å². The second-order valence-electron chi connectivity index (χ2n) is 2.48. The second kappa shape index (κ2) is 2.17. The third-order valence-electron chi connectivity index (χ3n) is 1.72. The Morgan fingerprint density at radius 1 is 1.58 bits per heavy atom. The third-order valence-corrected chi connectivity index (χ3v) is 1.72. The number of anilines is 1. The fourth-order valence-corrected chi connectivity index (χ4v) is 1.16. The van der Waals surface area contributed by atoms with Gasteiger partial charge in [0.15, 0.2) is 5.82 Å². The number of hydrogen-bond acceptors (Lipinski definition) is 3. The van der Waals surface area contributed by atoms with Crippen LogP contribution in [0.2, 0.25) is 0 Å². The van der Waals surface area contributed by atoms with E-state index in [1.54, 1.807) is 17.5 Å². The van der Waals surface area contributed by atoms with Crippen LogP contribution in [0.15, 0.2) is 12.4 Å². The lowest BCUT2D eigenvalue weighted by Crippen LogP contribution is -1.96. The number of fused-ring (bicyclic) bond motifs is 1. The smallest absolute Gasteiger partial charge is 0.242 e. The first-order valence-electron chi connectivity index (χ1n) is 3.45. The average Bonchev–Trinajstić information content (AvgIpc) is 2.29. The Morgan fingerprint density at radius 2 is 2.33 bits per heavy atom. The van der Waals surface area contributed by atoms with Crippen LogP contribution in [-0.4, -0.2) is 14.4 Å². The summed E-state index contributed by atoms with van der Waals surface area (Å²) in [7, 11) is 0. The molecule has 2 aromatic heterocycles. The van der Waals surface area contributed by atoms with Gasteiger partial charge in [-0.15, -0.1) is 0 Å². The van der Waals surface area contributed by atoms with Crippen LogP contribution in [0, 0.1) is 12.9 Å². The van der Waals surface area contributed by atoms with Crippen LogP contribution in [0.5, 0.6) is 0 Å². The van der Waals surface area contributed by atoms with E-state index in [1.165, 1.54) is 6.20 Å². The molecule has 0 amide bonds. The van der Waals surface area contributed by atoms with Gasteiger partial charge in [0.05, 0.1) is 0 Å². The Balaban J connectivity index is 2.99. The van der Waals surface area contributed by atoms with Crippen LogP contribution in [0.1, 0.15) is 5.82 Å². The molecule has 0 unspecified atom stereocenters. The summed E-state index contributed by atoms with van der Waals surface area (Å²) in [4.78, 5) is 7.39. The number of aromatic nitrogens is 3. The molecule has 2 rings (SSSR count). The predicted octanol–water partition coefficient (Wildman–Crippen LogP) is 0.759. The van der Waals surface area contributed by atoms with Gasteiger partial charge in [0, 0.05) is 12.4 Å². The molecule has 0 saturated heterocycles. The Hall–Kier alpha value is -1.65. The number of halogens is 1. The van der Waals surface area contributed by atoms with Gasteiger partial charge in [0.2, 0.25) is 5.95 Å². The van der Waals surface area contributed by atoms with Gasteiger partial charge in [0.25, 0.3) is 0 Å². The Labute approximate surface area is 67.9 Å². The molecule has 0 saturated carbocycles. The number of imidazole rings is 1. The zero-order chi connectivity index (χ0) is 8.72. The van der Waals surface area contributed by atoms with E-state index < -0.39 is 5.95 Å². The van der Waals surface area contributed by atoms with Crippen molar-refractivity contribution in [1.29, 1.82) is 0 Å². The van der Waals surface area contributed by atoms with Crippen molar-refractivity contribution in [3.05, 3.63) is 24.2 Å². The molecule has 4 nitrogen and oxygen atoms in total. The maximum Gasteiger partial charge on any atom is 0.242 e. The lowest BCUT2D eigenvalue weighted by atomic mass is 10.5. The minimum atomic E-state index is -0.571.